The molecule has 0 spiro atoms. The van der Waals surface area contributed by atoms with Crippen molar-refractivity contribution in [3.63, 3.8) is 0 Å². The normalized spacial score (nSPS) is 18.2. The molecule has 2 aromatic heterocycles. The van der Waals surface area contributed by atoms with E-state index in [2.05, 4.69) is 43.3 Å². The maximum atomic E-state index is 5.40. The van der Waals surface area contributed by atoms with E-state index in [1.807, 2.05) is 19.9 Å². The summed E-state index contributed by atoms with van der Waals surface area (Å²) < 4.78 is 5.40. The Morgan fingerprint density at radius 2 is 2.17 bits per heavy atom. The van der Waals surface area contributed by atoms with Gasteiger partial charge in [0.1, 0.15) is 5.01 Å². The minimum atomic E-state index is 0.473. The predicted molar refractivity (Wildman–Crippen MR) is 94.5 cm³/mol. The average Bonchev–Trinajstić information content (AvgIpc) is 3.03. The van der Waals surface area contributed by atoms with Crippen LogP contribution in [0.2, 0.25) is 0 Å². The van der Waals surface area contributed by atoms with Crippen LogP contribution in [0.1, 0.15) is 30.5 Å². The number of hydrogen-bond acceptors (Lipinski definition) is 8. The third-order valence-corrected chi connectivity index (χ3v) is 5.05. The van der Waals surface area contributed by atoms with E-state index in [0.29, 0.717) is 17.8 Å². The van der Waals surface area contributed by atoms with Gasteiger partial charge in [0.05, 0.1) is 18.8 Å². The van der Waals surface area contributed by atoms with Crippen molar-refractivity contribution in [2.24, 2.45) is 0 Å². The zero-order valence-corrected chi connectivity index (χ0v) is 15.3. The number of hydrogen-bond donors (Lipinski definition) is 0. The van der Waals surface area contributed by atoms with Gasteiger partial charge in [0.25, 0.3) is 5.19 Å². The molecule has 3 rings (SSSR count). The van der Waals surface area contributed by atoms with Gasteiger partial charge in [0.2, 0.25) is 0 Å². The van der Waals surface area contributed by atoms with Gasteiger partial charge < -0.3 is 9.64 Å². The number of anilines is 1. The molecule has 7 nitrogen and oxygen atoms in total. The van der Waals surface area contributed by atoms with Crippen LogP contribution < -0.4 is 9.64 Å². The molecule has 24 heavy (non-hydrogen) atoms. The molecule has 0 N–H and O–H groups in total. The van der Waals surface area contributed by atoms with E-state index in [9.17, 15) is 0 Å². The van der Waals surface area contributed by atoms with Crippen molar-refractivity contribution in [2.45, 2.75) is 39.3 Å². The lowest BCUT2D eigenvalue weighted by Crippen LogP contribution is -2.46. The van der Waals surface area contributed by atoms with Gasteiger partial charge in [-0.1, -0.05) is 11.3 Å². The van der Waals surface area contributed by atoms with Crippen molar-refractivity contribution < 1.29 is 4.74 Å². The van der Waals surface area contributed by atoms with Crippen LogP contribution in [0.25, 0.3) is 0 Å². The molecular formula is C16H24N6OS. The number of aryl methyl sites for hydroxylation is 1. The van der Waals surface area contributed by atoms with E-state index in [4.69, 9.17) is 4.74 Å². The van der Waals surface area contributed by atoms with Crippen LogP contribution in [-0.4, -0.2) is 58.1 Å². The number of rotatable bonds is 6. The lowest BCUT2D eigenvalue weighted by molar-refractivity contribution is 0.207. The molecule has 1 aliphatic rings. The Morgan fingerprint density at radius 1 is 1.29 bits per heavy atom. The Bertz CT molecular complexity index is 646. The predicted octanol–water partition coefficient (Wildman–Crippen LogP) is 2.14. The lowest BCUT2D eigenvalue weighted by atomic mass is 10.0. The van der Waals surface area contributed by atoms with E-state index in [0.717, 1.165) is 42.6 Å². The molecule has 0 saturated carbocycles. The van der Waals surface area contributed by atoms with Gasteiger partial charge in [0.15, 0.2) is 5.82 Å². The van der Waals surface area contributed by atoms with E-state index in [-0.39, 0.29) is 0 Å². The van der Waals surface area contributed by atoms with Crippen molar-refractivity contribution in [3.05, 3.63) is 22.8 Å². The molecule has 1 saturated heterocycles. The highest BCUT2D eigenvalue weighted by molar-refractivity contribution is 7.13. The second kappa shape index (κ2) is 7.85. The molecule has 0 aromatic carbocycles. The average molecular weight is 348 g/mol. The van der Waals surface area contributed by atoms with Gasteiger partial charge in [-0.25, -0.2) is 0 Å². The Kier molecular flexibility index (Phi) is 5.57. The summed E-state index contributed by atoms with van der Waals surface area (Å²) in [6, 6.07) is 4.55. The second-order valence-electron chi connectivity index (χ2n) is 6.08. The Morgan fingerprint density at radius 3 is 2.92 bits per heavy atom. The minimum Gasteiger partial charge on any atom is -0.469 e. The molecule has 2 aromatic rings. The summed E-state index contributed by atoms with van der Waals surface area (Å²) in [5, 5.41) is 18.4. The highest BCUT2D eigenvalue weighted by Gasteiger charge is 2.25. The summed E-state index contributed by atoms with van der Waals surface area (Å²) in [5.74, 6) is 0.966. The summed E-state index contributed by atoms with van der Waals surface area (Å²) in [6.45, 7) is 7.34. The van der Waals surface area contributed by atoms with Crippen molar-refractivity contribution in [3.8, 4) is 5.19 Å². The van der Waals surface area contributed by atoms with Crippen LogP contribution in [0.3, 0.4) is 0 Å². The summed E-state index contributed by atoms with van der Waals surface area (Å²) in [5.41, 5.74) is 0.950. The fraction of sp³-hybridized carbons (Fsp3) is 0.625. The summed E-state index contributed by atoms with van der Waals surface area (Å²) in [4.78, 5) is 4.67. The first-order valence-electron chi connectivity index (χ1n) is 8.36. The summed E-state index contributed by atoms with van der Waals surface area (Å²) in [7, 11) is 2.15. The maximum absolute atomic E-state index is 5.40. The van der Waals surface area contributed by atoms with Crippen LogP contribution in [0.15, 0.2) is 12.1 Å². The molecule has 130 valence electrons. The molecule has 1 atom stereocenters. The number of aromatic nitrogens is 4. The first-order valence-corrected chi connectivity index (χ1v) is 9.18. The van der Waals surface area contributed by atoms with Crippen LogP contribution >= 0.6 is 11.3 Å². The zero-order chi connectivity index (χ0) is 16.9. The highest BCUT2D eigenvalue weighted by atomic mass is 32.1. The summed E-state index contributed by atoms with van der Waals surface area (Å²) >= 11 is 1.53. The van der Waals surface area contributed by atoms with Crippen LogP contribution in [0.5, 0.6) is 5.19 Å². The number of nitrogens with zero attached hydrogens (tertiary/aromatic N) is 6. The maximum Gasteiger partial charge on any atom is 0.294 e. The molecule has 1 unspecified atom stereocenters. The van der Waals surface area contributed by atoms with Crippen LogP contribution in [-0.2, 0) is 6.54 Å². The fourth-order valence-corrected chi connectivity index (χ4v) is 3.72. The molecule has 8 heteroatoms. The molecular weight excluding hydrogens is 324 g/mol. The second-order valence-corrected chi connectivity index (χ2v) is 7.11. The smallest absolute Gasteiger partial charge is 0.294 e. The molecule has 1 fully saturated rings. The van der Waals surface area contributed by atoms with E-state index in [1.165, 1.54) is 17.8 Å². The van der Waals surface area contributed by atoms with E-state index < -0.39 is 0 Å². The monoisotopic (exact) mass is 348 g/mol. The first kappa shape index (κ1) is 17.0. The van der Waals surface area contributed by atoms with Gasteiger partial charge in [-0.2, -0.15) is 5.10 Å². The van der Waals surface area contributed by atoms with Gasteiger partial charge in [-0.05, 0) is 45.9 Å². The van der Waals surface area contributed by atoms with Crippen molar-refractivity contribution in [1.29, 1.82) is 0 Å². The minimum absolute atomic E-state index is 0.473. The van der Waals surface area contributed by atoms with Gasteiger partial charge in [0, 0.05) is 19.1 Å². The summed E-state index contributed by atoms with van der Waals surface area (Å²) in [6.07, 6.45) is 2.34. The molecule has 1 aliphatic heterocycles. The number of likely N-dealkylation sites (N-methyl/N-ethyl adjacent to an activating group) is 1. The molecule has 0 amide bonds. The van der Waals surface area contributed by atoms with E-state index in [1.54, 1.807) is 0 Å². The topological polar surface area (TPSA) is 67.3 Å². The van der Waals surface area contributed by atoms with Gasteiger partial charge >= 0.3 is 0 Å². The molecule has 0 radical (unpaired) electrons. The van der Waals surface area contributed by atoms with Crippen molar-refractivity contribution >= 4 is 17.2 Å². The van der Waals surface area contributed by atoms with Gasteiger partial charge in [-0.15, -0.1) is 15.3 Å². The number of piperidine rings is 1. The molecule has 3 heterocycles. The molecule has 0 aliphatic carbocycles. The SMILES string of the molecule is CCOc1nnc(CN(C)C2CCCN(c3ccc(C)nn3)C2)s1. The van der Waals surface area contributed by atoms with Crippen molar-refractivity contribution in [2.75, 3.05) is 31.6 Å². The van der Waals surface area contributed by atoms with Gasteiger partial charge in [-0.3, -0.25) is 4.90 Å². The third kappa shape index (κ3) is 4.18. The van der Waals surface area contributed by atoms with Crippen LogP contribution in [0, 0.1) is 6.92 Å². The lowest BCUT2D eigenvalue weighted by Gasteiger charge is -2.37. The number of ether oxygens (including phenoxy) is 1. The largest absolute Gasteiger partial charge is 0.469 e. The highest BCUT2D eigenvalue weighted by Crippen LogP contribution is 2.23. The quantitative estimate of drug-likeness (QED) is 0.792. The van der Waals surface area contributed by atoms with Crippen LogP contribution in [0.4, 0.5) is 5.82 Å². The fourth-order valence-electron chi connectivity index (χ4n) is 2.91. The zero-order valence-electron chi connectivity index (χ0n) is 14.5. The Hall–Kier alpha value is -1.80. The standard InChI is InChI=1S/C16H24N6OS/c1-4-23-16-20-19-15(24-16)11-21(3)13-6-5-9-22(10-13)14-8-7-12(2)17-18-14/h7-8,13H,4-6,9-11H2,1-3H3. The Labute approximate surface area is 146 Å². The van der Waals surface area contributed by atoms with E-state index >= 15 is 0 Å². The third-order valence-electron chi connectivity index (χ3n) is 4.23. The Balaban J connectivity index is 1.59. The molecule has 0 bridgehead atoms. The van der Waals surface area contributed by atoms with Crippen molar-refractivity contribution in [1.82, 2.24) is 25.3 Å². The first-order chi connectivity index (χ1) is 11.7.